The molecule has 1 aliphatic heterocycles. The van der Waals surface area contributed by atoms with Crippen LogP contribution in [0.1, 0.15) is 37.7 Å². The molecule has 2 nitrogen and oxygen atoms in total. The summed E-state index contributed by atoms with van der Waals surface area (Å²) >= 11 is 0. The van der Waals surface area contributed by atoms with Crippen LogP contribution < -0.4 is 5.32 Å². The monoisotopic (exact) mass is 231 g/mol. The number of hydrogen-bond acceptors (Lipinski definition) is 2. The van der Waals surface area contributed by atoms with Crippen molar-refractivity contribution in [1.82, 2.24) is 0 Å². The molecule has 1 aromatic carbocycles. The molecule has 0 fully saturated rings. The molecule has 1 aromatic rings. The number of phenols is 1. The van der Waals surface area contributed by atoms with Gasteiger partial charge in [-0.3, -0.25) is 0 Å². The number of aromatic hydroxyl groups is 1. The van der Waals surface area contributed by atoms with E-state index < -0.39 is 0 Å². The highest BCUT2D eigenvalue weighted by Gasteiger charge is 2.18. The zero-order chi connectivity index (χ0) is 12.3. The average molecular weight is 231 g/mol. The van der Waals surface area contributed by atoms with Gasteiger partial charge in [0.2, 0.25) is 0 Å². The summed E-state index contributed by atoms with van der Waals surface area (Å²) < 4.78 is 0. The van der Waals surface area contributed by atoms with Crippen LogP contribution in [0.15, 0.2) is 30.9 Å². The minimum Gasteiger partial charge on any atom is -0.508 e. The zero-order valence-corrected chi connectivity index (χ0v) is 10.4. The first-order chi connectivity index (χ1) is 8.20. The van der Waals surface area contributed by atoms with Crippen molar-refractivity contribution in [2.75, 3.05) is 11.9 Å². The summed E-state index contributed by atoms with van der Waals surface area (Å²) in [5.41, 5.74) is 2.41. The van der Waals surface area contributed by atoms with Crippen LogP contribution in [-0.4, -0.2) is 11.7 Å². The predicted molar refractivity (Wildman–Crippen MR) is 72.5 cm³/mol. The Bertz CT molecular complexity index is 400. The van der Waals surface area contributed by atoms with Gasteiger partial charge in [0, 0.05) is 12.2 Å². The quantitative estimate of drug-likeness (QED) is 0.597. The molecule has 1 heterocycles. The Morgan fingerprint density at radius 3 is 3.06 bits per heavy atom. The maximum absolute atomic E-state index is 9.56. The second kappa shape index (κ2) is 5.26. The Kier molecular flexibility index (Phi) is 3.72. The molecule has 0 aliphatic carbocycles. The molecule has 0 amide bonds. The lowest BCUT2D eigenvalue weighted by molar-refractivity contribution is 0.456. The van der Waals surface area contributed by atoms with Crippen LogP contribution in [0.2, 0.25) is 0 Å². The molecular weight excluding hydrogens is 210 g/mol. The number of anilines is 1. The van der Waals surface area contributed by atoms with Gasteiger partial charge in [-0.05, 0) is 54.9 Å². The highest BCUT2D eigenvalue weighted by atomic mass is 16.3. The fraction of sp³-hybridized carbons (Fsp3) is 0.467. The molecule has 1 aliphatic rings. The Balaban J connectivity index is 2.21. The second-order valence-electron chi connectivity index (χ2n) is 5.02. The van der Waals surface area contributed by atoms with Crippen molar-refractivity contribution in [2.24, 2.45) is 5.92 Å². The van der Waals surface area contributed by atoms with E-state index in [2.05, 4.69) is 18.8 Å². The van der Waals surface area contributed by atoms with Crippen LogP contribution in [0.4, 0.5) is 5.69 Å². The van der Waals surface area contributed by atoms with Gasteiger partial charge in [0.05, 0.1) is 0 Å². The van der Waals surface area contributed by atoms with Crippen LogP contribution >= 0.6 is 0 Å². The molecule has 0 bridgehead atoms. The van der Waals surface area contributed by atoms with E-state index in [9.17, 15) is 5.11 Å². The van der Waals surface area contributed by atoms with Crippen LogP contribution in [0, 0.1) is 5.92 Å². The number of fused-ring (bicyclic) bond motifs is 1. The molecule has 2 unspecified atom stereocenters. The Hall–Kier alpha value is -1.44. The number of phenolic OH excluding ortho intramolecular Hbond substituents is 1. The van der Waals surface area contributed by atoms with Crippen molar-refractivity contribution in [2.45, 2.75) is 32.1 Å². The summed E-state index contributed by atoms with van der Waals surface area (Å²) in [6.45, 7) is 7.05. The maximum Gasteiger partial charge on any atom is 0.116 e. The molecule has 17 heavy (non-hydrogen) atoms. The third-order valence-electron chi connectivity index (χ3n) is 3.66. The summed E-state index contributed by atoms with van der Waals surface area (Å²) in [6.07, 6.45) is 5.48. The Morgan fingerprint density at radius 2 is 2.29 bits per heavy atom. The molecule has 0 saturated heterocycles. The van der Waals surface area contributed by atoms with E-state index in [1.54, 1.807) is 6.07 Å². The third-order valence-corrected chi connectivity index (χ3v) is 3.66. The summed E-state index contributed by atoms with van der Waals surface area (Å²) in [4.78, 5) is 0. The molecule has 0 saturated carbocycles. The summed E-state index contributed by atoms with van der Waals surface area (Å²) in [5.74, 6) is 1.54. The van der Waals surface area contributed by atoms with Crippen molar-refractivity contribution in [3.63, 3.8) is 0 Å². The van der Waals surface area contributed by atoms with Crippen molar-refractivity contribution in [3.05, 3.63) is 36.4 Å². The second-order valence-corrected chi connectivity index (χ2v) is 5.02. The van der Waals surface area contributed by atoms with Crippen LogP contribution in [0.3, 0.4) is 0 Å². The maximum atomic E-state index is 9.56. The molecule has 2 N–H and O–H groups in total. The molecule has 92 valence electrons. The number of benzene rings is 1. The number of hydrogen-bond donors (Lipinski definition) is 2. The van der Waals surface area contributed by atoms with Gasteiger partial charge in [0.15, 0.2) is 0 Å². The topological polar surface area (TPSA) is 32.3 Å². The molecule has 0 radical (unpaired) electrons. The lowest BCUT2D eigenvalue weighted by atomic mass is 9.87. The molecular formula is C15H21NO. The number of allylic oxidation sites excluding steroid dienone is 1. The summed E-state index contributed by atoms with van der Waals surface area (Å²) in [6, 6.07) is 5.63. The normalized spacial score (nSPS) is 24.1. The standard InChI is InChI=1S/C15H21NO/c1-3-4-12-6-5-11(2)14-9-13(17)7-8-15(14)16-10-12/h3,7-9,11-12,16-17H,1,4-6,10H2,2H3. The van der Waals surface area contributed by atoms with Gasteiger partial charge in [0.25, 0.3) is 0 Å². The van der Waals surface area contributed by atoms with E-state index in [1.165, 1.54) is 24.1 Å². The lowest BCUT2D eigenvalue weighted by Crippen LogP contribution is -2.18. The molecule has 2 heteroatoms. The summed E-state index contributed by atoms with van der Waals surface area (Å²) in [5, 5.41) is 13.1. The smallest absolute Gasteiger partial charge is 0.116 e. The summed E-state index contributed by atoms with van der Waals surface area (Å²) in [7, 11) is 0. The highest BCUT2D eigenvalue weighted by Crippen LogP contribution is 2.34. The zero-order valence-electron chi connectivity index (χ0n) is 10.4. The molecule has 0 spiro atoms. The SMILES string of the molecule is C=CCC1CCC(C)c2cc(O)ccc2NC1. The van der Waals surface area contributed by atoms with Crippen molar-refractivity contribution in [1.29, 1.82) is 0 Å². The van der Waals surface area contributed by atoms with Crippen LogP contribution in [0.5, 0.6) is 5.75 Å². The number of nitrogens with one attached hydrogen (secondary N) is 1. The Labute approximate surface area is 103 Å². The first-order valence-corrected chi connectivity index (χ1v) is 6.38. The molecule has 0 aromatic heterocycles. The fourth-order valence-electron chi connectivity index (χ4n) is 2.55. The van der Waals surface area contributed by atoms with Crippen LogP contribution in [0.25, 0.3) is 0 Å². The van der Waals surface area contributed by atoms with Gasteiger partial charge in [-0.25, -0.2) is 0 Å². The fourth-order valence-corrected chi connectivity index (χ4v) is 2.55. The highest BCUT2D eigenvalue weighted by molar-refractivity contribution is 5.55. The van der Waals surface area contributed by atoms with E-state index in [0.29, 0.717) is 17.6 Å². The Morgan fingerprint density at radius 1 is 1.47 bits per heavy atom. The molecule has 2 atom stereocenters. The first-order valence-electron chi connectivity index (χ1n) is 6.38. The average Bonchev–Trinajstić information content (AvgIpc) is 2.31. The van der Waals surface area contributed by atoms with Crippen molar-refractivity contribution in [3.8, 4) is 5.75 Å². The van der Waals surface area contributed by atoms with Gasteiger partial charge < -0.3 is 10.4 Å². The molecule has 2 rings (SSSR count). The third kappa shape index (κ3) is 2.82. The largest absolute Gasteiger partial charge is 0.508 e. The van der Waals surface area contributed by atoms with Crippen LogP contribution in [-0.2, 0) is 0 Å². The van der Waals surface area contributed by atoms with E-state index in [4.69, 9.17) is 0 Å². The minimum atomic E-state index is 0.362. The minimum absolute atomic E-state index is 0.362. The van der Waals surface area contributed by atoms with E-state index in [1.807, 2.05) is 18.2 Å². The van der Waals surface area contributed by atoms with Crippen molar-refractivity contribution < 1.29 is 5.11 Å². The van der Waals surface area contributed by atoms with E-state index >= 15 is 0 Å². The van der Waals surface area contributed by atoms with Crippen molar-refractivity contribution >= 4 is 5.69 Å². The first kappa shape index (κ1) is 12.0. The van der Waals surface area contributed by atoms with Gasteiger partial charge >= 0.3 is 0 Å². The van der Waals surface area contributed by atoms with Gasteiger partial charge in [-0.15, -0.1) is 6.58 Å². The van der Waals surface area contributed by atoms with E-state index in [0.717, 1.165) is 13.0 Å². The van der Waals surface area contributed by atoms with Gasteiger partial charge in [-0.2, -0.15) is 0 Å². The predicted octanol–water partition coefficient (Wildman–Crippen LogP) is 3.89. The van der Waals surface area contributed by atoms with E-state index in [-0.39, 0.29) is 0 Å². The van der Waals surface area contributed by atoms with Gasteiger partial charge in [0.1, 0.15) is 5.75 Å². The van der Waals surface area contributed by atoms with Gasteiger partial charge in [-0.1, -0.05) is 13.0 Å². The number of rotatable bonds is 2. The lowest BCUT2D eigenvalue weighted by Gasteiger charge is -2.26.